The van der Waals surface area contributed by atoms with Gasteiger partial charge in [-0.05, 0) is 18.9 Å². The van der Waals surface area contributed by atoms with E-state index in [9.17, 15) is 4.79 Å². The molecule has 138 valence electrons. The van der Waals surface area contributed by atoms with Crippen molar-refractivity contribution in [1.82, 2.24) is 14.5 Å². The van der Waals surface area contributed by atoms with Crippen molar-refractivity contribution >= 4 is 48.0 Å². The highest BCUT2D eigenvalue weighted by molar-refractivity contribution is 6.33. The van der Waals surface area contributed by atoms with E-state index in [4.69, 9.17) is 22.1 Å². The van der Waals surface area contributed by atoms with Crippen LogP contribution in [0.1, 0.15) is 29.2 Å². The molecule has 1 aromatic carbocycles. The summed E-state index contributed by atoms with van der Waals surface area (Å²) in [6, 6.07) is 3.56. The molecule has 1 saturated heterocycles. The van der Waals surface area contributed by atoms with Crippen molar-refractivity contribution in [3.05, 3.63) is 41.4 Å². The number of piperidine rings is 1. The van der Waals surface area contributed by atoms with Crippen molar-refractivity contribution < 1.29 is 9.53 Å². The third-order valence-corrected chi connectivity index (χ3v) is 4.57. The summed E-state index contributed by atoms with van der Waals surface area (Å²) in [5.41, 5.74) is 6.62. The van der Waals surface area contributed by atoms with Gasteiger partial charge in [-0.15, -0.1) is 24.8 Å². The van der Waals surface area contributed by atoms with Gasteiger partial charge in [0.1, 0.15) is 5.75 Å². The second kappa shape index (κ2) is 9.17. The molecule has 1 amide bonds. The molecule has 1 aromatic heterocycles. The summed E-state index contributed by atoms with van der Waals surface area (Å²) < 4.78 is 7.37. The van der Waals surface area contributed by atoms with E-state index in [0.717, 1.165) is 12.8 Å². The van der Waals surface area contributed by atoms with Crippen LogP contribution in [0.3, 0.4) is 0 Å². The van der Waals surface area contributed by atoms with Crippen LogP contribution in [-0.2, 0) is 0 Å². The summed E-state index contributed by atoms with van der Waals surface area (Å²) >= 11 is 6.05. The van der Waals surface area contributed by atoms with Gasteiger partial charge in [0.2, 0.25) is 0 Å². The molecule has 2 heterocycles. The number of hydrogen-bond donors (Lipinski definition) is 1. The topological polar surface area (TPSA) is 73.4 Å². The number of nitrogens with zero attached hydrogens (tertiary/aromatic N) is 3. The Hall–Kier alpha value is -1.63. The van der Waals surface area contributed by atoms with Gasteiger partial charge >= 0.3 is 0 Å². The fourth-order valence-corrected chi connectivity index (χ4v) is 3.09. The molecule has 0 spiro atoms. The number of imidazole rings is 1. The third-order valence-electron chi connectivity index (χ3n) is 4.25. The summed E-state index contributed by atoms with van der Waals surface area (Å²) in [5, 5.41) is 0.363. The molecule has 0 bridgehead atoms. The Bertz CT molecular complexity index is 702. The molecule has 2 N–H and O–H groups in total. The number of carbonyl (C=O) groups excluding carboxylic acids is 1. The summed E-state index contributed by atoms with van der Waals surface area (Å²) in [4.78, 5) is 18.7. The number of halogens is 3. The van der Waals surface area contributed by atoms with E-state index >= 15 is 0 Å². The standard InChI is InChI=1S/C16H19ClN4O2.2ClH/c1-23-15-9-14(18)13(17)8-12(15)16(22)20-5-2-11(3-6-20)21-7-4-19-10-21;;/h4,7-11H,2-3,5-6,18H2,1H3;2*1H. The average molecular weight is 408 g/mol. The summed E-state index contributed by atoms with van der Waals surface area (Å²) in [7, 11) is 1.52. The van der Waals surface area contributed by atoms with Crippen LogP contribution in [0.4, 0.5) is 5.69 Å². The van der Waals surface area contributed by atoms with E-state index < -0.39 is 0 Å². The maximum absolute atomic E-state index is 12.8. The molecule has 0 atom stereocenters. The van der Waals surface area contributed by atoms with Gasteiger partial charge in [-0.25, -0.2) is 4.98 Å². The van der Waals surface area contributed by atoms with Gasteiger partial charge in [0, 0.05) is 37.6 Å². The second-order valence-electron chi connectivity index (χ2n) is 5.61. The molecule has 6 nitrogen and oxygen atoms in total. The van der Waals surface area contributed by atoms with Gasteiger partial charge < -0.3 is 19.9 Å². The first kappa shape index (κ1) is 21.4. The first-order valence-corrected chi connectivity index (χ1v) is 7.87. The Morgan fingerprint density at radius 3 is 2.56 bits per heavy atom. The number of nitrogens with two attached hydrogens (primary N) is 1. The molecular weight excluding hydrogens is 387 g/mol. The summed E-state index contributed by atoms with van der Waals surface area (Å²) in [6.45, 7) is 1.37. The molecule has 0 radical (unpaired) electrons. The number of methoxy groups -OCH3 is 1. The molecular formula is C16H21Cl3N4O2. The van der Waals surface area contributed by atoms with Crippen LogP contribution in [0.15, 0.2) is 30.9 Å². The van der Waals surface area contributed by atoms with E-state index in [0.29, 0.717) is 41.2 Å². The fraction of sp³-hybridized carbons (Fsp3) is 0.375. The highest BCUT2D eigenvalue weighted by Gasteiger charge is 2.26. The Labute approximate surface area is 164 Å². The minimum absolute atomic E-state index is 0. The van der Waals surface area contributed by atoms with Crippen molar-refractivity contribution in [1.29, 1.82) is 0 Å². The number of aromatic nitrogens is 2. The van der Waals surface area contributed by atoms with E-state index in [1.54, 1.807) is 18.3 Å². The molecule has 1 aliphatic heterocycles. The molecule has 9 heteroatoms. The molecule has 1 fully saturated rings. The first-order chi connectivity index (χ1) is 11.1. The van der Waals surface area contributed by atoms with Gasteiger partial charge in [0.05, 0.1) is 29.7 Å². The number of nitrogen functional groups attached to an aromatic ring is 1. The number of ether oxygens (including phenoxy) is 1. The minimum Gasteiger partial charge on any atom is -0.496 e. The normalized spacial score (nSPS) is 14.4. The van der Waals surface area contributed by atoms with Crippen molar-refractivity contribution in [3.63, 3.8) is 0 Å². The van der Waals surface area contributed by atoms with Crippen LogP contribution in [-0.4, -0.2) is 40.6 Å². The van der Waals surface area contributed by atoms with Crippen LogP contribution < -0.4 is 10.5 Å². The lowest BCUT2D eigenvalue weighted by molar-refractivity contribution is 0.0691. The lowest BCUT2D eigenvalue weighted by atomic mass is 10.0. The van der Waals surface area contributed by atoms with Gasteiger partial charge in [-0.1, -0.05) is 11.6 Å². The van der Waals surface area contributed by atoms with Crippen molar-refractivity contribution in [2.24, 2.45) is 0 Å². The zero-order valence-electron chi connectivity index (χ0n) is 13.7. The largest absolute Gasteiger partial charge is 0.496 e. The molecule has 1 aliphatic rings. The van der Waals surface area contributed by atoms with Crippen molar-refractivity contribution in [3.8, 4) is 5.75 Å². The highest BCUT2D eigenvalue weighted by Crippen LogP contribution is 2.31. The van der Waals surface area contributed by atoms with E-state index in [2.05, 4.69) is 9.55 Å². The van der Waals surface area contributed by atoms with Crippen LogP contribution in [0.25, 0.3) is 0 Å². The number of hydrogen-bond acceptors (Lipinski definition) is 4. The maximum atomic E-state index is 12.8. The maximum Gasteiger partial charge on any atom is 0.257 e. The van der Waals surface area contributed by atoms with Gasteiger partial charge in [-0.3, -0.25) is 4.79 Å². The zero-order valence-corrected chi connectivity index (χ0v) is 16.1. The predicted molar refractivity (Wildman–Crippen MR) is 103 cm³/mol. The minimum atomic E-state index is -0.0761. The SMILES string of the molecule is COc1cc(N)c(Cl)cc1C(=O)N1CCC(n2ccnc2)CC1.Cl.Cl. The van der Waals surface area contributed by atoms with E-state index in [1.807, 2.05) is 17.4 Å². The van der Waals surface area contributed by atoms with Gasteiger partial charge in [-0.2, -0.15) is 0 Å². The van der Waals surface area contributed by atoms with Gasteiger partial charge in [0.15, 0.2) is 0 Å². The molecule has 25 heavy (non-hydrogen) atoms. The number of carbonyl (C=O) groups is 1. The van der Waals surface area contributed by atoms with Crippen LogP contribution >= 0.6 is 36.4 Å². The fourth-order valence-electron chi connectivity index (χ4n) is 2.93. The number of amides is 1. The Kier molecular flexibility index (Phi) is 7.86. The van der Waals surface area contributed by atoms with Gasteiger partial charge in [0.25, 0.3) is 5.91 Å². The number of rotatable bonds is 3. The number of likely N-dealkylation sites (tertiary alicyclic amines) is 1. The Balaban J connectivity index is 0.00000156. The monoisotopic (exact) mass is 406 g/mol. The molecule has 2 aromatic rings. The number of anilines is 1. The highest BCUT2D eigenvalue weighted by atomic mass is 35.5. The second-order valence-corrected chi connectivity index (χ2v) is 6.01. The van der Waals surface area contributed by atoms with E-state index in [1.165, 1.54) is 7.11 Å². The molecule has 0 saturated carbocycles. The molecule has 3 rings (SSSR count). The molecule has 0 unspecified atom stereocenters. The van der Waals surface area contributed by atoms with Crippen LogP contribution in [0.5, 0.6) is 5.75 Å². The predicted octanol–water partition coefficient (Wildman–Crippen LogP) is 3.45. The van der Waals surface area contributed by atoms with Crippen LogP contribution in [0.2, 0.25) is 5.02 Å². The number of benzene rings is 1. The van der Waals surface area contributed by atoms with E-state index in [-0.39, 0.29) is 30.7 Å². The lowest BCUT2D eigenvalue weighted by Gasteiger charge is -2.33. The average Bonchev–Trinajstić information content (AvgIpc) is 3.11. The quantitative estimate of drug-likeness (QED) is 0.791. The smallest absolute Gasteiger partial charge is 0.257 e. The summed E-state index contributed by atoms with van der Waals surface area (Å²) in [6.07, 6.45) is 7.36. The first-order valence-electron chi connectivity index (χ1n) is 7.50. The Morgan fingerprint density at radius 1 is 1.32 bits per heavy atom. The zero-order chi connectivity index (χ0) is 16.4. The van der Waals surface area contributed by atoms with Crippen molar-refractivity contribution in [2.75, 3.05) is 25.9 Å². The van der Waals surface area contributed by atoms with Crippen LogP contribution in [0, 0.1) is 0 Å². The summed E-state index contributed by atoms with van der Waals surface area (Å²) in [5.74, 6) is 0.376. The third kappa shape index (κ3) is 4.51. The Morgan fingerprint density at radius 2 is 2.00 bits per heavy atom. The molecule has 0 aliphatic carbocycles. The lowest BCUT2D eigenvalue weighted by Crippen LogP contribution is -2.39. The van der Waals surface area contributed by atoms with Crippen molar-refractivity contribution in [2.45, 2.75) is 18.9 Å².